The Labute approximate surface area is 99.8 Å². The summed E-state index contributed by atoms with van der Waals surface area (Å²) in [6.07, 6.45) is 3.04. The SMILES string of the molecule is Cc1ccccc1C1CC=C(C(=O)C(=O)O)C1. The summed E-state index contributed by atoms with van der Waals surface area (Å²) in [4.78, 5) is 21.9. The largest absolute Gasteiger partial charge is 0.475 e. The molecule has 0 aliphatic heterocycles. The first-order valence-corrected chi connectivity index (χ1v) is 5.61. The molecular formula is C14H14O3. The summed E-state index contributed by atoms with van der Waals surface area (Å²) in [5, 5.41) is 8.66. The normalized spacial score (nSPS) is 18.9. The molecule has 3 heteroatoms. The van der Waals surface area contributed by atoms with E-state index in [-0.39, 0.29) is 5.92 Å². The monoisotopic (exact) mass is 230 g/mol. The van der Waals surface area contributed by atoms with Gasteiger partial charge in [0.1, 0.15) is 0 Å². The van der Waals surface area contributed by atoms with Crippen LogP contribution in [0.25, 0.3) is 0 Å². The quantitative estimate of drug-likeness (QED) is 0.811. The molecule has 0 fully saturated rings. The van der Waals surface area contributed by atoms with Gasteiger partial charge in [0.2, 0.25) is 0 Å². The minimum Gasteiger partial charge on any atom is -0.475 e. The molecule has 0 amide bonds. The Morgan fingerprint density at radius 2 is 2.00 bits per heavy atom. The Morgan fingerprint density at radius 1 is 1.29 bits per heavy atom. The van der Waals surface area contributed by atoms with Crippen molar-refractivity contribution in [3.05, 3.63) is 47.0 Å². The average molecular weight is 230 g/mol. The highest BCUT2D eigenvalue weighted by Crippen LogP contribution is 2.35. The van der Waals surface area contributed by atoms with Crippen molar-refractivity contribution in [3.8, 4) is 0 Å². The second-order valence-corrected chi connectivity index (χ2v) is 4.36. The van der Waals surface area contributed by atoms with Crippen LogP contribution in [0.15, 0.2) is 35.9 Å². The fraction of sp³-hybridized carbons (Fsp3) is 0.286. The van der Waals surface area contributed by atoms with Gasteiger partial charge in [-0.1, -0.05) is 30.3 Å². The molecule has 0 radical (unpaired) electrons. The fourth-order valence-corrected chi connectivity index (χ4v) is 2.32. The topological polar surface area (TPSA) is 54.4 Å². The molecule has 1 aliphatic carbocycles. The van der Waals surface area contributed by atoms with Crippen LogP contribution in [0, 0.1) is 6.92 Å². The fourth-order valence-electron chi connectivity index (χ4n) is 2.32. The lowest BCUT2D eigenvalue weighted by molar-refractivity contribution is -0.147. The molecule has 0 saturated heterocycles. The van der Waals surface area contributed by atoms with Crippen molar-refractivity contribution >= 4 is 11.8 Å². The molecule has 1 N–H and O–H groups in total. The smallest absolute Gasteiger partial charge is 0.376 e. The number of benzene rings is 1. The predicted molar refractivity (Wildman–Crippen MR) is 63.9 cm³/mol. The minimum atomic E-state index is -1.36. The first-order valence-electron chi connectivity index (χ1n) is 5.61. The van der Waals surface area contributed by atoms with Crippen LogP contribution in [0.2, 0.25) is 0 Å². The third-order valence-electron chi connectivity index (χ3n) is 3.23. The number of Topliss-reactive ketones (excluding diaryl/α,β-unsaturated/α-hetero) is 1. The van der Waals surface area contributed by atoms with Gasteiger partial charge in [0.15, 0.2) is 0 Å². The lowest BCUT2D eigenvalue weighted by Crippen LogP contribution is -2.14. The second-order valence-electron chi connectivity index (χ2n) is 4.36. The van der Waals surface area contributed by atoms with Crippen LogP contribution < -0.4 is 0 Å². The zero-order valence-corrected chi connectivity index (χ0v) is 9.64. The lowest BCUT2D eigenvalue weighted by atomic mass is 9.91. The molecule has 3 nitrogen and oxygen atoms in total. The molecule has 1 aromatic carbocycles. The van der Waals surface area contributed by atoms with Crippen molar-refractivity contribution in [2.45, 2.75) is 25.7 Å². The third kappa shape index (κ3) is 2.28. The molecule has 17 heavy (non-hydrogen) atoms. The Morgan fingerprint density at radius 3 is 2.65 bits per heavy atom. The summed E-state index contributed by atoms with van der Waals surface area (Å²) >= 11 is 0. The molecule has 1 aliphatic rings. The molecule has 1 unspecified atom stereocenters. The Kier molecular flexibility index (Phi) is 3.09. The number of carboxylic acid groups (broad SMARTS) is 1. The number of carbonyl (C=O) groups is 2. The number of hydrogen-bond acceptors (Lipinski definition) is 2. The highest BCUT2D eigenvalue weighted by molar-refractivity contribution is 6.39. The highest BCUT2D eigenvalue weighted by atomic mass is 16.4. The van der Waals surface area contributed by atoms with E-state index in [9.17, 15) is 9.59 Å². The summed E-state index contributed by atoms with van der Waals surface area (Å²) < 4.78 is 0. The molecule has 0 saturated carbocycles. The molecule has 0 bridgehead atoms. The maximum Gasteiger partial charge on any atom is 0.376 e. The van der Waals surface area contributed by atoms with E-state index in [1.165, 1.54) is 11.1 Å². The zero-order chi connectivity index (χ0) is 12.4. The van der Waals surface area contributed by atoms with Gasteiger partial charge in [0.25, 0.3) is 5.78 Å². The van der Waals surface area contributed by atoms with Crippen molar-refractivity contribution in [1.82, 2.24) is 0 Å². The molecule has 1 atom stereocenters. The van der Waals surface area contributed by atoms with E-state index < -0.39 is 11.8 Å². The first-order chi connectivity index (χ1) is 8.09. The molecule has 88 valence electrons. The van der Waals surface area contributed by atoms with Crippen LogP contribution in [0.1, 0.15) is 29.9 Å². The number of aryl methyl sites for hydroxylation is 1. The predicted octanol–water partition coefficient (Wildman–Crippen LogP) is 2.45. The van der Waals surface area contributed by atoms with Crippen LogP contribution in [0.5, 0.6) is 0 Å². The Balaban J connectivity index is 2.14. The van der Waals surface area contributed by atoms with Crippen molar-refractivity contribution < 1.29 is 14.7 Å². The van der Waals surface area contributed by atoms with Gasteiger partial charge >= 0.3 is 5.97 Å². The minimum absolute atomic E-state index is 0.245. The summed E-state index contributed by atoms with van der Waals surface area (Å²) in [6, 6.07) is 8.03. The molecule has 1 aromatic rings. The van der Waals surface area contributed by atoms with Crippen LogP contribution in [-0.2, 0) is 9.59 Å². The number of allylic oxidation sites excluding steroid dienone is 1. The van der Waals surface area contributed by atoms with Gasteiger partial charge < -0.3 is 5.11 Å². The standard InChI is InChI=1S/C14H14O3/c1-9-4-2-3-5-12(9)10-6-7-11(8-10)13(15)14(16)17/h2-5,7,10H,6,8H2,1H3,(H,16,17). The van der Waals surface area contributed by atoms with Crippen molar-refractivity contribution in [3.63, 3.8) is 0 Å². The number of rotatable bonds is 3. The van der Waals surface area contributed by atoms with Gasteiger partial charge in [-0.3, -0.25) is 4.79 Å². The van der Waals surface area contributed by atoms with Gasteiger partial charge in [0, 0.05) is 5.57 Å². The summed E-state index contributed by atoms with van der Waals surface area (Å²) in [5.41, 5.74) is 2.83. The summed E-state index contributed by atoms with van der Waals surface area (Å²) in [7, 11) is 0. The second kappa shape index (κ2) is 4.53. The van der Waals surface area contributed by atoms with E-state index in [0.29, 0.717) is 12.0 Å². The van der Waals surface area contributed by atoms with E-state index in [1.807, 2.05) is 31.2 Å². The number of carboxylic acids is 1. The third-order valence-corrected chi connectivity index (χ3v) is 3.23. The lowest BCUT2D eigenvalue weighted by Gasteiger charge is -2.13. The van der Waals surface area contributed by atoms with E-state index in [4.69, 9.17) is 5.11 Å². The maximum absolute atomic E-state index is 11.3. The Bertz CT molecular complexity index is 500. The number of aliphatic carboxylic acids is 1. The van der Waals surface area contributed by atoms with Crippen molar-refractivity contribution in [1.29, 1.82) is 0 Å². The molecule has 0 aromatic heterocycles. The van der Waals surface area contributed by atoms with Gasteiger partial charge in [-0.25, -0.2) is 4.79 Å². The molecule has 0 heterocycles. The maximum atomic E-state index is 11.3. The Hall–Kier alpha value is -1.90. The first kappa shape index (κ1) is 11.6. The van der Waals surface area contributed by atoms with Crippen molar-refractivity contribution in [2.24, 2.45) is 0 Å². The van der Waals surface area contributed by atoms with E-state index in [1.54, 1.807) is 6.08 Å². The number of carbonyl (C=O) groups excluding carboxylic acids is 1. The van der Waals surface area contributed by atoms with Crippen molar-refractivity contribution in [2.75, 3.05) is 0 Å². The van der Waals surface area contributed by atoms with Gasteiger partial charge in [-0.15, -0.1) is 0 Å². The summed E-state index contributed by atoms with van der Waals surface area (Å²) in [5.74, 6) is -1.88. The number of hydrogen-bond donors (Lipinski definition) is 1. The molecule has 0 spiro atoms. The van der Waals surface area contributed by atoms with E-state index in [2.05, 4.69) is 0 Å². The highest BCUT2D eigenvalue weighted by Gasteiger charge is 2.27. The average Bonchev–Trinajstić information content (AvgIpc) is 2.77. The van der Waals surface area contributed by atoms with Gasteiger partial charge in [-0.2, -0.15) is 0 Å². The molecule has 2 rings (SSSR count). The van der Waals surface area contributed by atoms with Gasteiger partial charge in [-0.05, 0) is 36.8 Å². The van der Waals surface area contributed by atoms with Crippen LogP contribution in [0.4, 0.5) is 0 Å². The van der Waals surface area contributed by atoms with Crippen LogP contribution in [0.3, 0.4) is 0 Å². The van der Waals surface area contributed by atoms with E-state index in [0.717, 1.165) is 6.42 Å². The van der Waals surface area contributed by atoms with Crippen LogP contribution >= 0.6 is 0 Å². The van der Waals surface area contributed by atoms with E-state index >= 15 is 0 Å². The molecular weight excluding hydrogens is 216 g/mol. The van der Waals surface area contributed by atoms with Gasteiger partial charge in [0.05, 0.1) is 0 Å². The van der Waals surface area contributed by atoms with Crippen LogP contribution in [-0.4, -0.2) is 16.9 Å². The summed E-state index contributed by atoms with van der Waals surface area (Å²) in [6.45, 7) is 2.03. The number of ketones is 1. The zero-order valence-electron chi connectivity index (χ0n) is 9.64.